The minimum Gasteiger partial charge on any atom is -0.460 e. The maximum absolute atomic E-state index is 12.2. The first-order chi connectivity index (χ1) is 10.1. The van der Waals surface area contributed by atoms with E-state index in [-0.39, 0.29) is 30.5 Å². The van der Waals surface area contributed by atoms with E-state index in [2.05, 4.69) is 6.58 Å². The topological polar surface area (TPSA) is 80.8 Å². The molecule has 0 atom stereocenters. The number of nitrogens with zero attached hydrogens (tertiary/aromatic N) is 1. The van der Waals surface area contributed by atoms with Crippen molar-refractivity contribution >= 4 is 23.6 Å². The number of ketones is 1. The van der Waals surface area contributed by atoms with Crippen LogP contribution in [0.15, 0.2) is 23.8 Å². The smallest absolute Gasteiger partial charge is 0.308 e. The molecular weight excluding hydrogens is 286 g/mol. The first-order valence-electron chi connectivity index (χ1n) is 7.10. The number of rotatable bonds is 6. The number of amides is 2. The average molecular weight is 307 g/mol. The van der Waals surface area contributed by atoms with Gasteiger partial charge in [0.1, 0.15) is 5.60 Å². The number of esters is 1. The third kappa shape index (κ3) is 3.90. The molecule has 0 aromatic rings. The van der Waals surface area contributed by atoms with Crippen LogP contribution in [0.2, 0.25) is 0 Å². The van der Waals surface area contributed by atoms with Gasteiger partial charge in [0.2, 0.25) is 0 Å². The van der Waals surface area contributed by atoms with Gasteiger partial charge in [0, 0.05) is 13.0 Å². The average Bonchev–Trinajstić information content (AvgIpc) is 2.64. The molecule has 0 aliphatic carbocycles. The third-order valence-electron chi connectivity index (χ3n) is 2.97. The van der Waals surface area contributed by atoms with Crippen LogP contribution in [-0.4, -0.2) is 40.6 Å². The van der Waals surface area contributed by atoms with Gasteiger partial charge in [0.05, 0.1) is 17.6 Å². The van der Waals surface area contributed by atoms with Crippen molar-refractivity contribution in [3.8, 4) is 0 Å². The zero-order valence-corrected chi connectivity index (χ0v) is 13.4. The van der Waals surface area contributed by atoms with Gasteiger partial charge in [-0.3, -0.25) is 24.1 Å². The standard InChI is InChI=1S/C16H21NO5/c1-6-10-13(11(18)7-2)15(21)17(14(10)20)9-8-12(19)22-16(3,4)5/h6H,1,7-9H2,2-5H3. The van der Waals surface area contributed by atoms with Crippen molar-refractivity contribution in [2.75, 3.05) is 6.54 Å². The zero-order valence-electron chi connectivity index (χ0n) is 13.4. The quantitative estimate of drug-likeness (QED) is 0.422. The summed E-state index contributed by atoms with van der Waals surface area (Å²) in [4.78, 5) is 48.7. The summed E-state index contributed by atoms with van der Waals surface area (Å²) in [7, 11) is 0. The van der Waals surface area contributed by atoms with E-state index < -0.39 is 29.2 Å². The molecule has 1 aliphatic heterocycles. The summed E-state index contributed by atoms with van der Waals surface area (Å²) in [5.41, 5.74) is -0.781. The SMILES string of the molecule is C=CC1=C(C(=O)CC)C(=O)N(CCC(=O)OC(C)(C)C)C1=O. The molecule has 1 heterocycles. The van der Waals surface area contributed by atoms with Crippen LogP contribution in [-0.2, 0) is 23.9 Å². The van der Waals surface area contributed by atoms with Crippen molar-refractivity contribution in [2.24, 2.45) is 0 Å². The second kappa shape index (κ2) is 6.68. The Morgan fingerprint density at radius 2 is 1.82 bits per heavy atom. The van der Waals surface area contributed by atoms with Gasteiger partial charge in [-0.15, -0.1) is 0 Å². The van der Waals surface area contributed by atoms with Crippen LogP contribution in [0, 0.1) is 0 Å². The van der Waals surface area contributed by atoms with Crippen molar-refractivity contribution in [1.29, 1.82) is 0 Å². The van der Waals surface area contributed by atoms with Gasteiger partial charge < -0.3 is 4.74 Å². The number of hydrogen-bond acceptors (Lipinski definition) is 5. The monoisotopic (exact) mass is 307 g/mol. The molecule has 1 aliphatic rings. The number of carbonyl (C=O) groups is 4. The molecular formula is C16H21NO5. The van der Waals surface area contributed by atoms with Gasteiger partial charge in [-0.25, -0.2) is 0 Å². The second-order valence-corrected chi connectivity index (χ2v) is 5.87. The molecule has 2 amide bonds. The molecule has 0 saturated heterocycles. The molecule has 0 aromatic heterocycles. The molecule has 6 nitrogen and oxygen atoms in total. The minimum atomic E-state index is -0.671. The maximum Gasteiger partial charge on any atom is 0.308 e. The molecule has 0 N–H and O–H groups in total. The molecule has 6 heteroatoms. The van der Waals surface area contributed by atoms with Gasteiger partial charge in [-0.2, -0.15) is 0 Å². The van der Waals surface area contributed by atoms with E-state index in [0.717, 1.165) is 4.90 Å². The Bertz CT molecular complexity index is 566. The normalized spacial score (nSPS) is 15.4. The molecule has 22 heavy (non-hydrogen) atoms. The Morgan fingerprint density at radius 3 is 2.27 bits per heavy atom. The summed E-state index contributed by atoms with van der Waals surface area (Å²) in [6, 6.07) is 0. The van der Waals surface area contributed by atoms with E-state index in [1.807, 2.05) is 0 Å². The number of Topliss-reactive ketones (excluding diaryl/α,β-unsaturated/α-hetero) is 1. The highest BCUT2D eigenvalue weighted by molar-refractivity contribution is 6.32. The van der Waals surface area contributed by atoms with Gasteiger partial charge in [-0.1, -0.05) is 19.6 Å². The molecule has 1 rings (SSSR count). The lowest BCUT2D eigenvalue weighted by atomic mass is 10.0. The van der Waals surface area contributed by atoms with Crippen LogP contribution >= 0.6 is 0 Å². The van der Waals surface area contributed by atoms with Crippen molar-refractivity contribution in [3.63, 3.8) is 0 Å². The third-order valence-corrected chi connectivity index (χ3v) is 2.97. The fourth-order valence-electron chi connectivity index (χ4n) is 2.03. The molecule has 0 spiro atoms. The molecule has 0 aromatic carbocycles. The van der Waals surface area contributed by atoms with Crippen LogP contribution in [0.1, 0.15) is 40.5 Å². The molecule has 0 radical (unpaired) electrons. The lowest BCUT2D eigenvalue weighted by Gasteiger charge is -2.20. The summed E-state index contributed by atoms with van der Waals surface area (Å²) in [6.45, 7) is 10.1. The Kier molecular flexibility index (Phi) is 5.41. The predicted molar refractivity (Wildman–Crippen MR) is 79.7 cm³/mol. The first kappa shape index (κ1) is 17.8. The van der Waals surface area contributed by atoms with Crippen molar-refractivity contribution < 1.29 is 23.9 Å². The lowest BCUT2D eigenvalue weighted by molar-refractivity contribution is -0.155. The lowest BCUT2D eigenvalue weighted by Crippen LogP contribution is -2.35. The van der Waals surface area contributed by atoms with Crippen LogP contribution < -0.4 is 0 Å². The van der Waals surface area contributed by atoms with Crippen molar-refractivity contribution in [3.05, 3.63) is 23.8 Å². The highest BCUT2D eigenvalue weighted by Gasteiger charge is 2.39. The molecule has 0 bridgehead atoms. The Balaban J connectivity index is 2.82. The second-order valence-electron chi connectivity index (χ2n) is 5.87. The number of carbonyl (C=O) groups excluding carboxylic acids is 4. The summed E-state index contributed by atoms with van der Waals surface area (Å²) < 4.78 is 5.13. The van der Waals surface area contributed by atoms with Crippen molar-refractivity contribution in [1.82, 2.24) is 4.90 Å². The van der Waals surface area contributed by atoms with E-state index >= 15 is 0 Å². The molecule has 120 valence electrons. The van der Waals surface area contributed by atoms with E-state index in [9.17, 15) is 19.2 Å². The van der Waals surface area contributed by atoms with E-state index in [1.165, 1.54) is 6.08 Å². The highest BCUT2D eigenvalue weighted by Crippen LogP contribution is 2.23. The predicted octanol–water partition coefficient (Wildman–Crippen LogP) is 1.55. The number of ether oxygens (including phenoxy) is 1. The summed E-state index contributed by atoms with van der Waals surface area (Å²) in [5.74, 6) is -2.19. The van der Waals surface area contributed by atoms with Crippen molar-refractivity contribution in [2.45, 2.75) is 46.1 Å². The summed E-state index contributed by atoms with van der Waals surface area (Å²) in [6.07, 6.45) is 1.20. The number of hydrogen-bond donors (Lipinski definition) is 0. The zero-order chi connectivity index (χ0) is 17.1. The fourth-order valence-corrected chi connectivity index (χ4v) is 2.03. The largest absolute Gasteiger partial charge is 0.460 e. The van der Waals surface area contributed by atoms with Crippen LogP contribution in [0.3, 0.4) is 0 Å². The highest BCUT2D eigenvalue weighted by atomic mass is 16.6. The Labute approximate surface area is 129 Å². The number of imide groups is 1. The molecule has 0 unspecified atom stereocenters. The van der Waals surface area contributed by atoms with Gasteiger partial charge in [0.25, 0.3) is 11.8 Å². The fraction of sp³-hybridized carbons (Fsp3) is 0.500. The van der Waals surface area contributed by atoms with Gasteiger partial charge >= 0.3 is 5.97 Å². The summed E-state index contributed by atoms with van der Waals surface area (Å²) >= 11 is 0. The van der Waals surface area contributed by atoms with E-state index in [1.54, 1.807) is 27.7 Å². The first-order valence-corrected chi connectivity index (χ1v) is 7.10. The summed E-state index contributed by atoms with van der Waals surface area (Å²) in [5, 5.41) is 0. The van der Waals surface area contributed by atoms with Crippen LogP contribution in [0.5, 0.6) is 0 Å². The Hall–Kier alpha value is -2.24. The molecule has 0 saturated carbocycles. The Morgan fingerprint density at radius 1 is 1.23 bits per heavy atom. The van der Waals surface area contributed by atoms with Crippen LogP contribution in [0.25, 0.3) is 0 Å². The van der Waals surface area contributed by atoms with Gasteiger partial charge in [-0.05, 0) is 20.8 Å². The van der Waals surface area contributed by atoms with E-state index in [4.69, 9.17) is 4.74 Å². The maximum atomic E-state index is 12.2. The van der Waals surface area contributed by atoms with E-state index in [0.29, 0.717) is 0 Å². The van der Waals surface area contributed by atoms with Crippen LogP contribution in [0.4, 0.5) is 0 Å². The van der Waals surface area contributed by atoms with Gasteiger partial charge in [0.15, 0.2) is 5.78 Å². The minimum absolute atomic E-state index is 0.000962. The molecule has 0 fully saturated rings.